The molecular formula is C26H32O11. The Morgan fingerprint density at radius 2 is 1.57 bits per heavy atom. The van der Waals surface area contributed by atoms with Crippen molar-refractivity contribution in [3.8, 4) is 23.0 Å². The van der Waals surface area contributed by atoms with Crippen molar-refractivity contribution in [1.82, 2.24) is 0 Å². The first-order valence-corrected chi connectivity index (χ1v) is 11.9. The van der Waals surface area contributed by atoms with E-state index in [0.717, 1.165) is 11.1 Å². The summed E-state index contributed by atoms with van der Waals surface area (Å²) in [5.74, 6) is 0.141. The zero-order chi connectivity index (χ0) is 26.7. The van der Waals surface area contributed by atoms with Crippen molar-refractivity contribution in [3.05, 3.63) is 47.5 Å². The molecule has 7 atom stereocenters. The number of aliphatic hydroxyl groups excluding tert-OH is 4. The van der Waals surface area contributed by atoms with E-state index in [0.29, 0.717) is 24.3 Å². The number of ether oxygens (including phenoxy) is 5. The average Bonchev–Trinajstić information content (AvgIpc) is 3.24. The highest BCUT2D eigenvalue weighted by atomic mass is 16.7. The van der Waals surface area contributed by atoms with Crippen LogP contribution in [0.25, 0.3) is 0 Å². The number of aromatic hydroxyl groups is 1. The molecule has 2 fully saturated rings. The summed E-state index contributed by atoms with van der Waals surface area (Å²) in [4.78, 5) is 12.5. The molecule has 2 heterocycles. The lowest BCUT2D eigenvalue weighted by atomic mass is 9.85. The standard InChI is InChI=1S/C26H32O11/c1-33-19-9-14(3-5-17(19)28)8-16-15(12-35-25(16)32)7-13-4-6-18(20(10-13)34-2)36-26-24(31)23(30)22(29)21(11-27)37-26/h3-6,9-10,15-16,21-24,26-31H,7-8,11-12H2,1-2H3/t15?,16?,21-,22-,23+,24-,26-/m1/s1. The highest BCUT2D eigenvalue weighted by molar-refractivity contribution is 5.75. The molecule has 11 nitrogen and oxygen atoms in total. The Balaban J connectivity index is 1.47. The third-order valence-electron chi connectivity index (χ3n) is 6.83. The van der Waals surface area contributed by atoms with Crippen LogP contribution in [0.1, 0.15) is 11.1 Å². The molecule has 2 aromatic carbocycles. The minimum absolute atomic E-state index is 0.0231. The van der Waals surface area contributed by atoms with Crippen LogP contribution in [-0.2, 0) is 27.1 Å². The fraction of sp³-hybridized carbons (Fsp3) is 0.500. The first kappa shape index (κ1) is 27.0. The monoisotopic (exact) mass is 520 g/mol. The lowest BCUT2D eigenvalue weighted by molar-refractivity contribution is -0.277. The average molecular weight is 521 g/mol. The normalized spacial score (nSPS) is 29.6. The van der Waals surface area contributed by atoms with E-state index in [1.807, 2.05) is 0 Å². The summed E-state index contributed by atoms with van der Waals surface area (Å²) in [7, 11) is 2.91. The Hall–Kier alpha value is -3.09. The topological polar surface area (TPSA) is 164 Å². The minimum Gasteiger partial charge on any atom is -0.504 e. The molecule has 0 aliphatic carbocycles. The van der Waals surface area contributed by atoms with Gasteiger partial charge < -0.3 is 49.2 Å². The van der Waals surface area contributed by atoms with Crippen LogP contribution in [0.15, 0.2) is 36.4 Å². The molecule has 0 radical (unpaired) electrons. The van der Waals surface area contributed by atoms with Gasteiger partial charge in [-0.2, -0.15) is 0 Å². The Kier molecular flexibility index (Phi) is 8.40. The number of rotatable bonds is 9. The van der Waals surface area contributed by atoms with Gasteiger partial charge in [0, 0.05) is 5.92 Å². The molecule has 2 aliphatic heterocycles. The Labute approximate surface area is 213 Å². The maximum atomic E-state index is 12.5. The number of hydrogen-bond acceptors (Lipinski definition) is 11. The summed E-state index contributed by atoms with van der Waals surface area (Å²) in [6.45, 7) is -0.300. The van der Waals surface area contributed by atoms with E-state index in [9.17, 15) is 30.3 Å². The predicted molar refractivity (Wildman–Crippen MR) is 127 cm³/mol. The Morgan fingerprint density at radius 1 is 0.892 bits per heavy atom. The van der Waals surface area contributed by atoms with E-state index < -0.39 is 37.3 Å². The van der Waals surface area contributed by atoms with Gasteiger partial charge in [-0.1, -0.05) is 12.1 Å². The van der Waals surface area contributed by atoms with Crippen molar-refractivity contribution >= 4 is 5.97 Å². The number of phenolic OH excluding ortho intramolecular Hbond substituents is 1. The molecule has 202 valence electrons. The summed E-state index contributed by atoms with van der Waals surface area (Å²) in [5, 5.41) is 49.5. The van der Waals surface area contributed by atoms with Gasteiger partial charge in [0.25, 0.3) is 0 Å². The number of phenols is 1. The molecule has 11 heteroatoms. The maximum absolute atomic E-state index is 12.5. The van der Waals surface area contributed by atoms with Gasteiger partial charge in [0.1, 0.15) is 24.4 Å². The number of carbonyl (C=O) groups excluding carboxylic acids is 1. The Morgan fingerprint density at radius 3 is 2.27 bits per heavy atom. The van der Waals surface area contributed by atoms with Gasteiger partial charge in [-0.25, -0.2) is 0 Å². The van der Waals surface area contributed by atoms with E-state index in [1.165, 1.54) is 20.3 Å². The number of esters is 1. The number of carbonyl (C=O) groups is 1. The van der Waals surface area contributed by atoms with E-state index in [-0.39, 0.29) is 35.9 Å². The van der Waals surface area contributed by atoms with Crippen LogP contribution in [0.5, 0.6) is 23.0 Å². The third kappa shape index (κ3) is 5.76. The van der Waals surface area contributed by atoms with Crippen molar-refractivity contribution in [2.75, 3.05) is 27.4 Å². The molecule has 5 N–H and O–H groups in total. The fourth-order valence-corrected chi connectivity index (χ4v) is 4.69. The lowest BCUT2D eigenvalue weighted by Crippen LogP contribution is -2.60. The Bertz CT molecular complexity index is 1090. The molecule has 0 bridgehead atoms. The van der Waals surface area contributed by atoms with Crippen LogP contribution in [0.2, 0.25) is 0 Å². The number of methoxy groups -OCH3 is 2. The summed E-state index contributed by atoms with van der Waals surface area (Å²) in [5.41, 5.74) is 1.69. The van der Waals surface area contributed by atoms with Crippen LogP contribution in [0.3, 0.4) is 0 Å². The first-order chi connectivity index (χ1) is 17.7. The summed E-state index contributed by atoms with van der Waals surface area (Å²) < 4.78 is 27.1. The van der Waals surface area contributed by atoms with Crippen LogP contribution in [-0.4, -0.2) is 89.6 Å². The van der Waals surface area contributed by atoms with Crippen LogP contribution in [0.4, 0.5) is 0 Å². The molecule has 2 unspecified atom stereocenters. The molecule has 4 rings (SSSR count). The van der Waals surface area contributed by atoms with Crippen molar-refractivity contribution in [2.24, 2.45) is 11.8 Å². The summed E-state index contributed by atoms with van der Waals surface area (Å²) in [6.07, 6.45) is -6.11. The van der Waals surface area contributed by atoms with Crippen LogP contribution < -0.4 is 14.2 Å². The van der Waals surface area contributed by atoms with E-state index in [1.54, 1.807) is 30.3 Å². The van der Waals surface area contributed by atoms with Crippen LogP contribution >= 0.6 is 0 Å². The van der Waals surface area contributed by atoms with Gasteiger partial charge in [0.15, 0.2) is 23.0 Å². The highest BCUT2D eigenvalue weighted by Gasteiger charge is 2.45. The number of aliphatic hydroxyl groups is 4. The summed E-state index contributed by atoms with van der Waals surface area (Å²) >= 11 is 0. The smallest absolute Gasteiger partial charge is 0.309 e. The van der Waals surface area contributed by atoms with Gasteiger partial charge >= 0.3 is 5.97 Å². The van der Waals surface area contributed by atoms with Gasteiger partial charge in [-0.3, -0.25) is 4.79 Å². The second-order valence-corrected chi connectivity index (χ2v) is 9.21. The van der Waals surface area contributed by atoms with Gasteiger partial charge in [-0.05, 0) is 48.2 Å². The zero-order valence-corrected chi connectivity index (χ0v) is 20.5. The first-order valence-electron chi connectivity index (χ1n) is 11.9. The lowest BCUT2D eigenvalue weighted by Gasteiger charge is -2.39. The van der Waals surface area contributed by atoms with Crippen LogP contribution in [0, 0.1) is 11.8 Å². The van der Waals surface area contributed by atoms with E-state index in [4.69, 9.17) is 23.7 Å². The molecule has 2 aliphatic rings. The van der Waals surface area contributed by atoms with Crippen molar-refractivity contribution in [1.29, 1.82) is 0 Å². The van der Waals surface area contributed by atoms with Gasteiger partial charge in [0.2, 0.25) is 6.29 Å². The van der Waals surface area contributed by atoms with Gasteiger partial charge in [0.05, 0.1) is 33.4 Å². The second kappa shape index (κ2) is 11.5. The van der Waals surface area contributed by atoms with Gasteiger partial charge in [-0.15, -0.1) is 0 Å². The maximum Gasteiger partial charge on any atom is 0.309 e. The second-order valence-electron chi connectivity index (χ2n) is 9.21. The molecule has 2 saturated heterocycles. The minimum atomic E-state index is -1.56. The summed E-state index contributed by atoms with van der Waals surface area (Å²) in [6, 6.07) is 10.1. The number of benzene rings is 2. The van der Waals surface area contributed by atoms with E-state index in [2.05, 4.69) is 0 Å². The highest BCUT2D eigenvalue weighted by Crippen LogP contribution is 2.36. The molecule has 2 aromatic rings. The fourth-order valence-electron chi connectivity index (χ4n) is 4.69. The zero-order valence-electron chi connectivity index (χ0n) is 20.5. The molecule has 0 amide bonds. The molecular weight excluding hydrogens is 488 g/mol. The van der Waals surface area contributed by atoms with Crippen molar-refractivity contribution < 1.29 is 54.0 Å². The van der Waals surface area contributed by atoms with E-state index >= 15 is 0 Å². The van der Waals surface area contributed by atoms with Crippen molar-refractivity contribution in [3.63, 3.8) is 0 Å². The number of cyclic esters (lactones) is 1. The molecule has 0 spiro atoms. The quantitative estimate of drug-likeness (QED) is 0.286. The molecule has 0 aromatic heterocycles. The van der Waals surface area contributed by atoms with Crippen molar-refractivity contribution in [2.45, 2.75) is 43.5 Å². The predicted octanol–water partition coefficient (Wildman–Crippen LogP) is 0.163. The SMILES string of the molecule is COc1cc(CC2C(=O)OCC2Cc2ccc(O[C@@H]3O[C@H](CO)[C@@H](O)[C@H](O)[C@H]3O)c(OC)c2)ccc1O. The number of hydrogen-bond donors (Lipinski definition) is 5. The molecule has 0 saturated carbocycles. The molecule has 37 heavy (non-hydrogen) atoms. The largest absolute Gasteiger partial charge is 0.504 e. The third-order valence-corrected chi connectivity index (χ3v) is 6.83.